The van der Waals surface area contributed by atoms with Crippen molar-refractivity contribution in [2.24, 2.45) is 0 Å². The van der Waals surface area contributed by atoms with E-state index in [0.29, 0.717) is 30.9 Å². The van der Waals surface area contributed by atoms with Gasteiger partial charge in [-0.3, -0.25) is 4.79 Å². The standard InChI is InChI=1S/C28H33N7O2S/c1-37-23-5-3-4-22(20-23)33-16-18-34(19-17-33)27-11-10-25-30-31-26(35(25)32-27)12-13-28(36)29-15-14-21-6-8-24(38-2)9-7-21/h3-11,20H,12-19H2,1-2H3,(H,29,36). The predicted octanol–water partition coefficient (Wildman–Crippen LogP) is 3.47. The molecule has 0 bridgehead atoms. The molecule has 1 saturated heterocycles. The first-order chi connectivity index (χ1) is 18.6. The Morgan fingerprint density at radius 1 is 0.974 bits per heavy atom. The number of nitrogens with one attached hydrogen (secondary N) is 1. The SMILES string of the molecule is COc1cccc(N2CCN(c3ccc4nnc(CCC(=O)NCCc5ccc(SC)cc5)n4n3)CC2)c1. The molecule has 5 rings (SSSR count). The number of carbonyl (C=O) groups excluding carboxylic acids is 1. The van der Waals surface area contributed by atoms with Crippen molar-refractivity contribution >= 4 is 34.8 Å². The smallest absolute Gasteiger partial charge is 0.220 e. The number of fused-ring (bicyclic) bond motifs is 1. The van der Waals surface area contributed by atoms with Gasteiger partial charge in [-0.05, 0) is 54.6 Å². The van der Waals surface area contributed by atoms with E-state index in [1.54, 1.807) is 23.4 Å². The number of benzene rings is 2. The quantitative estimate of drug-likeness (QED) is 0.311. The number of hydrogen-bond acceptors (Lipinski definition) is 8. The van der Waals surface area contributed by atoms with E-state index < -0.39 is 0 Å². The van der Waals surface area contributed by atoms with Crippen LogP contribution in [0.2, 0.25) is 0 Å². The van der Waals surface area contributed by atoms with Gasteiger partial charge >= 0.3 is 0 Å². The second kappa shape index (κ2) is 12.2. The Morgan fingerprint density at radius 2 is 1.76 bits per heavy atom. The molecule has 0 spiro atoms. The molecule has 9 nitrogen and oxygen atoms in total. The second-order valence-corrected chi connectivity index (χ2v) is 10.1. The van der Waals surface area contributed by atoms with Crippen molar-refractivity contribution in [3.05, 3.63) is 72.1 Å². The Hall–Kier alpha value is -3.79. The largest absolute Gasteiger partial charge is 0.497 e. The van der Waals surface area contributed by atoms with Crippen LogP contribution < -0.4 is 19.9 Å². The number of aryl methyl sites for hydroxylation is 1. The molecule has 1 amide bonds. The van der Waals surface area contributed by atoms with Gasteiger partial charge in [0.25, 0.3) is 0 Å². The molecule has 0 atom stereocenters. The van der Waals surface area contributed by atoms with Crippen molar-refractivity contribution in [1.29, 1.82) is 0 Å². The highest BCUT2D eigenvalue weighted by molar-refractivity contribution is 7.98. The van der Waals surface area contributed by atoms with E-state index >= 15 is 0 Å². The van der Waals surface area contributed by atoms with Gasteiger partial charge in [0.05, 0.1) is 7.11 Å². The zero-order chi connectivity index (χ0) is 26.3. The summed E-state index contributed by atoms with van der Waals surface area (Å²) >= 11 is 1.72. The summed E-state index contributed by atoms with van der Waals surface area (Å²) in [6.45, 7) is 4.11. The Kier molecular flexibility index (Phi) is 8.28. The molecule has 0 unspecified atom stereocenters. The average molecular weight is 532 g/mol. The van der Waals surface area contributed by atoms with Crippen LogP contribution >= 0.6 is 11.8 Å². The average Bonchev–Trinajstić information content (AvgIpc) is 3.39. The molecule has 1 aliphatic heterocycles. The molecule has 10 heteroatoms. The van der Waals surface area contributed by atoms with Gasteiger partial charge in [-0.1, -0.05) is 18.2 Å². The molecule has 4 aromatic rings. The van der Waals surface area contributed by atoms with Gasteiger partial charge in [-0.15, -0.1) is 27.1 Å². The number of ether oxygens (including phenoxy) is 1. The van der Waals surface area contributed by atoms with Gasteiger partial charge in [-0.25, -0.2) is 0 Å². The molecular weight excluding hydrogens is 498 g/mol. The van der Waals surface area contributed by atoms with Crippen LogP contribution in [0.4, 0.5) is 11.5 Å². The first-order valence-corrected chi connectivity index (χ1v) is 14.1. The minimum atomic E-state index is 0.00676. The third kappa shape index (κ3) is 6.19. The van der Waals surface area contributed by atoms with E-state index in [2.05, 4.69) is 68.0 Å². The maximum atomic E-state index is 12.5. The number of carbonyl (C=O) groups is 1. The number of nitrogens with zero attached hydrogens (tertiary/aromatic N) is 6. The highest BCUT2D eigenvalue weighted by Crippen LogP contribution is 2.23. The Labute approximate surface area is 227 Å². The van der Waals surface area contributed by atoms with Crippen molar-refractivity contribution < 1.29 is 9.53 Å². The van der Waals surface area contributed by atoms with Gasteiger partial charge < -0.3 is 19.9 Å². The molecule has 0 saturated carbocycles. The fourth-order valence-corrected chi connectivity index (χ4v) is 5.01. The first-order valence-electron chi connectivity index (χ1n) is 12.9. The molecule has 0 aliphatic carbocycles. The van der Waals surface area contributed by atoms with E-state index in [-0.39, 0.29) is 5.91 Å². The Bertz CT molecular complexity index is 1370. The van der Waals surface area contributed by atoms with E-state index in [1.807, 2.05) is 24.3 Å². The summed E-state index contributed by atoms with van der Waals surface area (Å²) in [6.07, 6.45) is 3.70. The number of hydrogen-bond donors (Lipinski definition) is 1. The van der Waals surface area contributed by atoms with Gasteiger partial charge in [-0.2, -0.15) is 4.52 Å². The summed E-state index contributed by atoms with van der Waals surface area (Å²) in [5.41, 5.74) is 3.07. The maximum absolute atomic E-state index is 12.5. The summed E-state index contributed by atoms with van der Waals surface area (Å²) in [5, 5.41) is 16.4. The number of thioether (sulfide) groups is 1. The number of piperazine rings is 1. The van der Waals surface area contributed by atoms with Crippen LogP contribution in [0.3, 0.4) is 0 Å². The second-order valence-electron chi connectivity index (χ2n) is 9.20. The lowest BCUT2D eigenvalue weighted by Gasteiger charge is -2.36. The van der Waals surface area contributed by atoms with Crippen molar-refractivity contribution in [2.45, 2.75) is 24.2 Å². The summed E-state index contributed by atoms with van der Waals surface area (Å²) in [6, 6.07) is 20.6. The number of amides is 1. The predicted molar refractivity (Wildman–Crippen MR) is 151 cm³/mol. The third-order valence-corrected chi connectivity index (χ3v) is 7.55. The normalized spacial score (nSPS) is 13.6. The topological polar surface area (TPSA) is 87.9 Å². The maximum Gasteiger partial charge on any atom is 0.220 e. The molecule has 2 aromatic carbocycles. The van der Waals surface area contributed by atoms with Crippen LogP contribution in [0.25, 0.3) is 5.65 Å². The first kappa shape index (κ1) is 25.8. The van der Waals surface area contributed by atoms with Crippen LogP contribution in [-0.4, -0.2) is 71.8 Å². The highest BCUT2D eigenvalue weighted by Gasteiger charge is 2.20. The summed E-state index contributed by atoms with van der Waals surface area (Å²) in [7, 11) is 1.69. The number of anilines is 2. The summed E-state index contributed by atoms with van der Waals surface area (Å²) in [5.74, 6) is 2.46. The van der Waals surface area contributed by atoms with Crippen LogP contribution in [0.15, 0.2) is 65.6 Å². The highest BCUT2D eigenvalue weighted by atomic mass is 32.2. The number of aromatic nitrogens is 4. The minimum Gasteiger partial charge on any atom is -0.497 e. The summed E-state index contributed by atoms with van der Waals surface area (Å²) in [4.78, 5) is 18.3. The molecule has 198 valence electrons. The zero-order valence-corrected chi connectivity index (χ0v) is 22.7. The molecule has 1 fully saturated rings. The molecule has 1 N–H and O–H groups in total. The van der Waals surface area contributed by atoms with Gasteiger partial charge in [0, 0.05) is 62.2 Å². The van der Waals surface area contributed by atoms with Crippen molar-refractivity contribution in [2.75, 3.05) is 55.9 Å². The molecule has 1 aliphatic rings. The van der Waals surface area contributed by atoms with Crippen molar-refractivity contribution in [3.63, 3.8) is 0 Å². The molecule has 0 radical (unpaired) electrons. The van der Waals surface area contributed by atoms with Crippen LogP contribution in [0.1, 0.15) is 17.8 Å². The lowest BCUT2D eigenvalue weighted by atomic mass is 10.1. The van der Waals surface area contributed by atoms with Crippen molar-refractivity contribution in [1.82, 2.24) is 25.1 Å². The molecule has 2 aromatic heterocycles. The van der Waals surface area contributed by atoms with Gasteiger partial charge in [0.1, 0.15) is 11.6 Å². The Morgan fingerprint density at radius 3 is 2.53 bits per heavy atom. The zero-order valence-electron chi connectivity index (χ0n) is 21.8. The van der Waals surface area contributed by atoms with Crippen LogP contribution in [-0.2, 0) is 17.6 Å². The fourth-order valence-electron chi connectivity index (χ4n) is 4.60. The molecule has 3 heterocycles. The summed E-state index contributed by atoms with van der Waals surface area (Å²) < 4.78 is 7.14. The number of methoxy groups -OCH3 is 1. The molecular formula is C28H33N7O2S. The minimum absolute atomic E-state index is 0.00676. The van der Waals surface area contributed by atoms with Gasteiger partial charge in [0.2, 0.25) is 5.91 Å². The van der Waals surface area contributed by atoms with Crippen LogP contribution in [0.5, 0.6) is 5.75 Å². The van der Waals surface area contributed by atoms with E-state index in [0.717, 1.165) is 44.2 Å². The lowest BCUT2D eigenvalue weighted by molar-refractivity contribution is -0.121. The van der Waals surface area contributed by atoms with E-state index in [9.17, 15) is 4.79 Å². The van der Waals surface area contributed by atoms with E-state index in [1.165, 1.54) is 16.1 Å². The number of rotatable bonds is 10. The lowest BCUT2D eigenvalue weighted by Crippen LogP contribution is -2.47. The van der Waals surface area contributed by atoms with Crippen molar-refractivity contribution in [3.8, 4) is 5.75 Å². The monoisotopic (exact) mass is 531 g/mol. The van der Waals surface area contributed by atoms with Crippen LogP contribution in [0, 0.1) is 0 Å². The molecule has 38 heavy (non-hydrogen) atoms. The fraction of sp³-hybridized carbons (Fsp3) is 0.357. The third-order valence-electron chi connectivity index (χ3n) is 6.81. The Balaban J connectivity index is 1.14. The van der Waals surface area contributed by atoms with Gasteiger partial charge in [0.15, 0.2) is 11.5 Å². The van der Waals surface area contributed by atoms with E-state index in [4.69, 9.17) is 9.84 Å².